The fourth-order valence-corrected chi connectivity index (χ4v) is 5.86. The van der Waals surface area contributed by atoms with Crippen LogP contribution in [0.1, 0.15) is 66.0 Å². The van der Waals surface area contributed by atoms with Crippen LogP contribution in [-0.2, 0) is 11.2 Å². The van der Waals surface area contributed by atoms with Crippen LogP contribution in [0.4, 0.5) is 0 Å². The van der Waals surface area contributed by atoms with Crippen molar-refractivity contribution in [2.75, 3.05) is 19.0 Å². The van der Waals surface area contributed by atoms with Crippen LogP contribution in [0.3, 0.4) is 0 Å². The summed E-state index contributed by atoms with van der Waals surface area (Å²) in [6.07, 6.45) is 9.05. The molecule has 2 aromatic carbocycles. The van der Waals surface area contributed by atoms with Gasteiger partial charge in [0.1, 0.15) is 0 Å². The molecule has 2 unspecified atom stereocenters. The minimum absolute atomic E-state index is 0.0838. The van der Waals surface area contributed by atoms with Crippen molar-refractivity contribution in [1.82, 2.24) is 4.90 Å². The lowest BCUT2D eigenvalue weighted by Gasteiger charge is -2.30. The third-order valence-electron chi connectivity index (χ3n) is 6.72. The smallest absolute Gasteiger partial charge is 0.215 e. The monoisotopic (exact) mass is 561 g/mol. The zero-order valence-electron chi connectivity index (χ0n) is 25.3. The number of rotatable bonds is 9. The van der Waals surface area contributed by atoms with E-state index >= 15 is 0 Å². The van der Waals surface area contributed by atoms with Gasteiger partial charge in [-0.1, -0.05) is 77.1 Å². The Morgan fingerprint density at radius 3 is 2.45 bits per heavy atom. The molecule has 2 aromatic rings. The Hall–Kier alpha value is -3.09. The van der Waals surface area contributed by atoms with Crippen molar-refractivity contribution in [3.8, 4) is 0 Å². The van der Waals surface area contributed by atoms with E-state index in [1.807, 2.05) is 75.9 Å². The minimum atomic E-state index is -0.465. The van der Waals surface area contributed by atoms with Crippen molar-refractivity contribution in [2.45, 2.75) is 72.3 Å². The number of likely N-dealkylation sites (tertiary alicyclic amines) is 1. The second-order valence-corrected chi connectivity index (χ2v) is 10.4. The zero-order valence-corrected chi connectivity index (χ0v) is 26.1. The molecule has 2 atom stereocenters. The molecule has 0 spiro atoms. The molecule has 2 N–H and O–H groups in total. The van der Waals surface area contributed by atoms with Crippen molar-refractivity contribution in [2.24, 2.45) is 10.4 Å². The highest BCUT2D eigenvalue weighted by molar-refractivity contribution is 7.99. The second-order valence-electron chi connectivity index (χ2n) is 9.12. The zero-order chi connectivity index (χ0) is 29.5. The number of aliphatic imine (C=N–C) groups is 1. The van der Waals surface area contributed by atoms with Gasteiger partial charge in [-0.05, 0) is 73.9 Å². The molecule has 0 radical (unpaired) electrons. The lowest BCUT2D eigenvalue weighted by molar-refractivity contribution is 0.222. The van der Waals surface area contributed by atoms with E-state index in [1.165, 1.54) is 21.7 Å². The lowest BCUT2D eigenvalue weighted by atomic mass is 9.74. The summed E-state index contributed by atoms with van der Waals surface area (Å²) in [5, 5.41) is 18.6. The van der Waals surface area contributed by atoms with E-state index in [0.717, 1.165) is 30.0 Å². The van der Waals surface area contributed by atoms with Gasteiger partial charge in [-0.2, -0.15) is 0 Å². The molecule has 1 saturated heterocycles. The Kier molecular flexibility index (Phi) is 14.0. The first-order chi connectivity index (χ1) is 19.5. The number of hydrogen-bond acceptors (Lipinski definition) is 6. The van der Waals surface area contributed by atoms with Crippen LogP contribution in [0.25, 0.3) is 0 Å². The highest BCUT2D eigenvalue weighted by atomic mass is 32.2. The summed E-state index contributed by atoms with van der Waals surface area (Å²) in [6.45, 7) is 15.5. The molecule has 1 aliphatic heterocycles. The number of thioether (sulfide) groups is 1. The second kappa shape index (κ2) is 16.9. The molecule has 1 heterocycles. The fraction of sp³-hybridized carbons (Fsp3) is 0.412. The number of aliphatic hydroxyl groups excluding tert-OH is 1. The predicted octanol–water partition coefficient (Wildman–Crippen LogP) is 8.26. The van der Waals surface area contributed by atoms with Crippen LogP contribution in [0.15, 0.2) is 99.7 Å². The number of benzene rings is 2. The first kappa shape index (κ1) is 33.1. The SMILES string of the molecule is CC.CC.CCSc1ccccc1CC1(C)C2=CC(O)CC=C2N(CC)/C1=C\C=N/COC(=N)c1ccccc1. The summed E-state index contributed by atoms with van der Waals surface area (Å²) < 4.78 is 5.53. The maximum Gasteiger partial charge on any atom is 0.215 e. The number of nitrogens with zero attached hydrogens (tertiary/aromatic N) is 2. The van der Waals surface area contributed by atoms with Gasteiger partial charge in [-0.15, -0.1) is 11.8 Å². The molecule has 0 amide bonds. The molecule has 0 bridgehead atoms. The summed E-state index contributed by atoms with van der Waals surface area (Å²) in [5.41, 5.74) is 5.27. The number of hydrogen-bond donors (Lipinski definition) is 2. The Bertz CT molecular complexity index is 1200. The van der Waals surface area contributed by atoms with Gasteiger partial charge < -0.3 is 14.7 Å². The van der Waals surface area contributed by atoms with Crippen LogP contribution < -0.4 is 0 Å². The minimum Gasteiger partial charge on any atom is -0.454 e. The molecular weight excluding hydrogens is 514 g/mol. The van der Waals surface area contributed by atoms with E-state index in [0.29, 0.717) is 6.42 Å². The van der Waals surface area contributed by atoms with Crippen LogP contribution in [0.2, 0.25) is 0 Å². The van der Waals surface area contributed by atoms with Gasteiger partial charge in [0.2, 0.25) is 5.90 Å². The maximum absolute atomic E-state index is 10.5. The number of aliphatic hydroxyl groups is 1. The van der Waals surface area contributed by atoms with E-state index in [4.69, 9.17) is 10.1 Å². The van der Waals surface area contributed by atoms with Crippen LogP contribution in [0.5, 0.6) is 0 Å². The first-order valence-corrected chi connectivity index (χ1v) is 15.5. The number of ether oxygens (including phenoxy) is 1. The van der Waals surface area contributed by atoms with Gasteiger partial charge >= 0.3 is 0 Å². The average molecular weight is 562 g/mol. The molecule has 0 aromatic heterocycles. The number of likely N-dealkylation sites (N-methyl/N-ethyl adjacent to an activating group) is 1. The van der Waals surface area contributed by atoms with Gasteiger partial charge in [-0.25, -0.2) is 0 Å². The molecule has 1 aliphatic carbocycles. The quantitative estimate of drug-likeness (QED) is 0.184. The molecule has 4 rings (SSSR count). The predicted molar refractivity (Wildman–Crippen MR) is 172 cm³/mol. The molecule has 2 aliphatic rings. The van der Waals surface area contributed by atoms with Crippen molar-refractivity contribution in [1.29, 1.82) is 5.41 Å². The van der Waals surface area contributed by atoms with Crippen molar-refractivity contribution >= 4 is 23.9 Å². The summed E-state index contributed by atoms with van der Waals surface area (Å²) in [6, 6.07) is 18.0. The van der Waals surface area contributed by atoms with Crippen molar-refractivity contribution < 1.29 is 9.84 Å². The summed E-state index contributed by atoms with van der Waals surface area (Å²) >= 11 is 1.87. The van der Waals surface area contributed by atoms with E-state index in [1.54, 1.807) is 6.21 Å². The normalized spacial score (nSPS) is 20.6. The third-order valence-corrected chi connectivity index (χ3v) is 7.72. The Balaban J connectivity index is 0.00000134. The van der Waals surface area contributed by atoms with Crippen LogP contribution in [0, 0.1) is 10.8 Å². The van der Waals surface area contributed by atoms with E-state index in [9.17, 15) is 5.11 Å². The van der Waals surface area contributed by atoms with Gasteiger partial charge in [0, 0.05) is 40.0 Å². The van der Waals surface area contributed by atoms with E-state index < -0.39 is 6.10 Å². The molecule has 1 fully saturated rings. The van der Waals surface area contributed by atoms with E-state index in [-0.39, 0.29) is 18.0 Å². The van der Waals surface area contributed by atoms with Gasteiger partial charge in [0.25, 0.3) is 0 Å². The topological polar surface area (TPSA) is 68.9 Å². The molecule has 5 nitrogen and oxygen atoms in total. The number of fused-ring (bicyclic) bond motifs is 1. The van der Waals surface area contributed by atoms with Gasteiger partial charge in [0.05, 0.1) is 6.10 Å². The third kappa shape index (κ3) is 7.98. The molecule has 216 valence electrons. The first-order valence-electron chi connectivity index (χ1n) is 14.5. The maximum atomic E-state index is 10.5. The van der Waals surface area contributed by atoms with Crippen LogP contribution in [-0.4, -0.2) is 47.3 Å². The lowest BCUT2D eigenvalue weighted by Crippen LogP contribution is -2.25. The summed E-state index contributed by atoms with van der Waals surface area (Å²) in [7, 11) is 0. The summed E-state index contributed by atoms with van der Waals surface area (Å²) in [5.74, 6) is 1.14. The fourth-order valence-electron chi connectivity index (χ4n) is 5.04. The van der Waals surface area contributed by atoms with Crippen molar-refractivity contribution in [3.05, 3.63) is 101 Å². The van der Waals surface area contributed by atoms with Gasteiger partial charge in [-0.3, -0.25) is 10.4 Å². The Morgan fingerprint density at radius 2 is 1.77 bits per heavy atom. The van der Waals surface area contributed by atoms with Crippen molar-refractivity contribution in [3.63, 3.8) is 0 Å². The van der Waals surface area contributed by atoms with Crippen LogP contribution >= 0.6 is 11.8 Å². The number of nitrogens with one attached hydrogen (secondary N) is 1. The molecular formula is C34H47N3O2S. The molecule has 0 saturated carbocycles. The summed E-state index contributed by atoms with van der Waals surface area (Å²) in [4.78, 5) is 8.08. The molecule has 40 heavy (non-hydrogen) atoms. The average Bonchev–Trinajstić information content (AvgIpc) is 3.22. The number of allylic oxidation sites excluding steroid dienone is 3. The Labute approximate surface area is 246 Å². The highest BCUT2D eigenvalue weighted by Crippen LogP contribution is 2.53. The van der Waals surface area contributed by atoms with E-state index in [2.05, 4.69) is 67.1 Å². The standard InChI is InChI=1S/C30H35N3O2S.2C2H6/c1-4-33-26-16-15-24(34)19-25(26)30(3,20-23-13-9-10-14-27(23)36-5-2)28(33)17-18-32-21-35-29(31)22-11-7-6-8-12-22;2*1-2/h6-14,16-19,24,31,34H,4-5,15,20-21H2,1-3H3;2*1-2H3/b28-17-,31-29?,32-18-;;. The Morgan fingerprint density at radius 1 is 1.10 bits per heavy atom. The largest absolute Gasteiger partial charge is 0.454 e. The molecule has 6 heteroatoms. The highest BCUT2D eigenvalue weighted by Gasteiger charge is 2.46. The van der Waals surface area contributed by atoms with Gasteiger partial charge in [0.15, 0.2) is 6.73 Å².